The Morgan fingerprint density at radius 2 is 2.11 bits per heavy atom. The lowest BCUT2D eigenvalue weighted by molar-refractivity contribution is -0.107. The summed E-state index contributed by atoms with van der Waals surface area (Å²) in [6.07, 6.45) is 6.71. The molecule has 0 fully saturated rings. The highest BCUT2D eigenvalue weighted by molar-refractivity contribution is 8.45. The van der Waals surface area contributed by atoms with Gasteiger partial charge in [-0.2, -0.15) is 0 Å². The fourth-order valence-corrected chi connectivity index (χ4v) is 3.24. The average Bonchev–Trinajstić information content (AvgIpc) is 2.78. The van der Waals surface area contributed by atoms with Gasteiger partial charge in [-0.3, -0.25) is 4.79 Å². The summed E-state index contributed by atoms with van der Waals surface area (Å²) in [7, 11) is 0. The van der Waals surface area contributed by atoms with Crippen molar-refractivity contribution in [2.75, 3.05) is 5.75 Å². The predicted octanol–water partition coefficient (Wildman–Crippen LogP) is 4.36. The molecule has 0 saturated heterocycles. The van der Waals surface area contributed by atoms with E-state index in [1.807, 2.05) is 42.5 Å². The van der Waals surface area contributed by atoms with Gasteiger partial charge in [0.05, 0.1) is 0 Å². The molecule has 1 heterocycles. The van der Waals surface area contributed by atoms with E-state index in [1.165, 1.54) is 11.8 Å². The maximum atomic E-state index is 11.7. The lowest BCUT2D eigenvalue weighted by Gasteiger charge is -1.92. The Balaban J connectivity index is 2.01. The van der Waals surface area contributed by atoms with Crippen LogP contribution >= 0.6 is 23.5 Å². The third kappa shape index (κ3) is 4.40. The van der Waals surface area contributed by atoms with E-state index in [2.05, 4.69) is 11.9 Å². The van der Waals surface area contributed by atoms with Crippen molar-refractivity contribution < 1.29 is 4.79 Å². The molecule has 0 amide bonds. The third-order valence-corrected chi connectivity index (χ3v) is 4.59. The molecule has 4 heteroatoms. The van der Waals surface area contributed by atoms with Gasteiger partial charge in [0.25, 0.3) is 0 Å². The van der Waals surface area contributed by atoms with Gasteiger partial charge in [0.2, 0.25) is 5.12 Å². The Morgan fingerprint density at radius 3 is 2.84 bits per heavy atom. The monoisotopic (exact) mass is 289 g/mol. The number of thioether (sulfide) groups is 2. The van der Waals surface area contributed by atoms with Gasteiger partial charge in [-0.15, -0.1) is 0 Å². The number of aliphatic imine (C=N–C) groups is 1. The van der Waals surface area contributed by atoms with Gasteiger partial charge in [0, 0.05) is 0 Å². The van der Waals surface area contributed by atoms with Crippen molar-refractivity contribution in [2.24, 2.45) is 4.99 Å². The van der Waals surface area contributed by atoms with Crippen LogP contribution in [-0.2, 0) is 4.79 Å². The molecule has 0 bridgehead atoms. The minimum Gasteiger partial charge on any atom is -0.279 e. The molecule has 0 N–H and O–H groups in total. The molecule has 0 aliphatic carbocycles. The van der Waals surface area contributed by atoms with E-state index in [-0.39, 0.29) is 5.12 Å². The van der Waals surface area contributed by atoms with Crippen molar-refractivity contribution >= 4 is 39.1 Å². The number of carbonyl (C=O) groups excluding carboxylic acids is 1. The highest BCUT2D eigenvalue weighted by atomic mass is 32.2. The summed E-state index contributed by atoms with van der Waals surface area (Å²) in [5.74, 6) is 1.01. The van der Waals surface area contributed by atoms with Crippen molar-refractivity contribution in [1.29, 1.82) is 0 Å². The Hall–Kier alpha value is -1.26. The number of hydrogen-bond acceptors (Lipinski definition) is 4. The van der Waals surface area contributed by atoms with Crippen molar-refractivity contribution in [3.63, 3.8) is 0 Å². The molecule has 0 atom stereocenters. The van der Waals surface area contributed by atoms with Crippen molar-refractivity contribution in [3.8, 4) is 0 Å². The molecule has 1 aliphatic heterocycles. The standard InChI is InChI=1S/C15H15NOS2/c1-2-11-18-15-16-13(14(17)19-15)10-6-9-12-7-4-3-5-8-12/h3-10H,2,11H2,1H3/b9-6+,13-10+. The van der Waals surface area contributed by atoms with E-state index in [4.69, 9.17) is 0 Å². The fourth-order valence-electron chi connectivity index (χ4n) is 1.47. The molecule has 19 heavy (non-hydrogen) atoms. The largest absolute Gasteiger partial charge is 0.279 e. The second kappa shape index (κ2) is 7.36. The summed E-state index contributed by atoms with van der Waals surface area (Å²) in [5, 5.41) is 0.0383. The van der Waals surface area contributed by atoms with Crippen LogP contribution in [0.2, 0.25) is 0 Å². The topological polar surface area (TPSA) is 29.4 Å². The van der Waals surface area contributed by atoms with Crippen LogP contribution in [0.25, 0.3) is 6.08 Å². The smallest absolute Gasteiger partial charge is 0.244 e. The van der Waals surface area contributed by atoms with Gasteiger partial charge in [0.15, 0.2) is 0 Å². The molecule has 1 aromatic rings. The summed E-state index contributed by atoms with van der Waals surface area (Å²) < 4.78 is 0.867. The molecule has 0 spiro atoms. The van der Waals surface area contributed by atoms with Gasteiger partial charge in [-0.05, 0) is 35.6 Å². The van der Waals surface area contributed by atoms with E-state index >= 15 is 0 Å². The summed E-state index contributed by atoms with van der Waals surface area (Å²) in [6.45, 7) is 2.12. The normalized spacial score (nSPS) is 17.4. The van der Waals surface area contributed by atoms with Crippen LogP contribution in [0.5, 0.6) is 0 Å². The van der Waals surface area contributed by atoms with Gasteiger partial charge in [-0.25, -0.2) is 4.99 Å². The van der Waals surface area contributed by atoms with E-state index in [1.54, 1.807) is 17.8 Å². The zero-order valence-corrected chi connectivity index (χ0v) is 12.3. The first-order valence-electron chi connectivity index (χ1n) is 6.16. The van der Waals surface area contributed by atoms with Crippen LogP contribution in [0.15, 0.2) is 53.2 Å². The molecule has 0 saturated carbocycles. The highest BCUT2D eigenvalue weighted by Crippen LogP contribution is 2.30. The zero-order valence-electron chi connectivity index (χ0n) is 10.7. The fraction of sp³-hybridized carbons (Fsp3) is 0.200. The average molecular weight is 289 g/mol. The van der Waals surface area contributed by atoms with Crippen molar-refractivity contribution in [1.82, 2.24) is 0 Å². The van der Waals surface area contributed by atoms with Crippen LogP contribution in [0.3, 0.4) is 0 Å². The highest BCUT2D eigenvalue weighted by Gasteiger charge is 2.21. The summed E-state index contributed by atoms with van der Waals surface area (Å²) >= 11 is 2.88. The van der Waals surface area contributed by atoms with Gasteiger partial charge in [-0.1, -0.05) is 61.2 Å². The molecular weight excluding hydrogens is 274 g/mol. The van der Waals surface area contributed by atoms with E-state index in [0.29, 0.717) is 5.70 Å². The molecule has 2 nitrogen and oxygen atoms in total. The quantitative estimate of drug-likeness (QED) is 0.771. The second-order valence-electron chi connectivity index (χ2n) is 3.94. The number of carbonyl (C=O) groups is 1. The van der Waals surface area contributed by atoms with Crippen LogP contribution in [0, 0.1) is 0 Å². The van der Waals surface area contributed by atoms with Crippen molar-refractivity contribution in [2.45, 2.75) is 13.3 Å². The summed E-state index contributed by atoms with van der Waals surface area (Å²) in [6, 6.07) is 9.99. The number of nitrogens with zero attached hydrogens (tertiary/aromatic N) is 1. The van der Waals surface area contributed by atoms with Crippen LogP contribution in [0.1, 0.15) is 18.9 Å². The van der Waals surface area contributed by atoms with Crippen molar-refractivity contribution in [3.05, 3.63) is 53.7 Å². The SMILES string of the molecule is CCCSC1=N/C(=C/C=C/c2ccccc2)C(=O)S1. The first-order valence-corrected chi connectivity index (χ1v) is 7.97. The van der Waals surface area contributed by atoms with Crippen LogP contribution in [-0.4, -0.2) is 15.2 Å². The predicted molar refractivity (Wildman–Crippen MR) is 86.3 cm³/mol. The zero-order chi connectivity index (χ0) is 13.5. The number of rotatable bonds is 4. The minimum atomic E-state index is 0.0383. The van der Waals surface area contributed by atoms with E-state index < -0.39 is 0 Å². The second-order valence-corrected chi connectivity index (χ2v) is 6.24. The van der Waals surface area contributed by atoms with Crippen LogP contribution < -0.4 is 0 Å². The molecule has 1 aliphatic rings. The lowest BCUT2D eigenvalue weighted by atomic mass is 10.2. The third-order valence-electron chi connectivity index (χ3n) is 2.37. The minimum absolute atomic E-state index is 0.0383. The Bertz CT molecular complexity index is 532. The van der Waals surface area contributed by atoms with Gasteiger partial charge in [0.1, 0.15) is 10.1 Å². The molecule has 1 aromatic carbocycles. The number of allylic oxidation sites excluding steroid dienone is 2. The van der Waals surface area contributed by atoms with E-state index in [0.717, 1.165) is 22.1 Å². The first-order chi connectivity index (χ1) is 9.29. The Morgan fingerprint density at radius 1 is 1.32 bits per heavy atom. The van der Waals surface area contributed by atoms with Crippen LogP contribution in [0.4, 0.5) is 0 Å². The molecule has 98 valence electrons. The molecule has 0 unspecified atom stereocenters. The first kappa shape index (κ1) is 14.2. The maximum Gasteiger partial charge on any atom is 0.244 e. The Labute approximate surface area is 122 Å². The lowest BCUT2D eigenvalue weighted by Crippen LogP contribution is -1.87. The van der Waals surface area contributed by atoms with E-state index in [9.17, 15) is 4.79 Å². The molecule has 2 rings (SSSR count). The molecule has 0 radical (unpaired) electrons. The molecule has 0 aromatic heterocycles. The number of benzene rings is 1. The van der Waals surface area contributed by atoms with Gasteiger partial charge < -0.3 is 0 Å². The maximum absolute atomic E-state index is 11.7. The summed E-state index contributed by atoms with van der Waals surface area (Å²) in [5.41, 5.74) is 1.65. The summed E-state index contributed by atoms with van der Waals surface area (Å²) in [4.78, 5) is 16.1. The Kier molecular flexibility index (Phi) is 5.48. The number of hydrogen-bond donors (Lipinski definition) is 0. The molecular formula is C15H15NOS2. The van der Waals surface area contributed by atoms with Gasteiger partial charge >= 0.3 is 0 Å².